The van der Waals surface area contributed by atoms with Gasteiger partial charge in [0.05, 0.1) is 5.92 Å². The fourth-order valence-electron chi connectivity index (χ4n) is 4.60. The maximum atomic E-state index is 12.8. The maximum Gasteiger partial charge on any atom is 0.224 e. The van der Waals surface area contributed by atoms with Gasteiger partial charge in [0, 0.05) is 37.6 Å². The highest BCUT2D eigenvalue weighted by atomic mass is 32.1. The molecule has 4 heterocycles. The highest BCUT2D eigenvalue weighted by molar-refractivity contribution is 7.17. The van der Waals surface area contributed by atoms with Gasteiger partial charge in [-0.15, -0.1) is 10.2 Å². The van der Waals surface area contributed by atoms with E-state index in [2.05, 4.69) is 55.9 Å². The van der Waals surface area contributed by atoms with Crippen LogP contribution in [0.5, 0.6) is 0 Å². The second-order valence-corrected chi connectivity index (χ2v) is 9.59. The molecule has 7 nitrogen and oxygen atoms in total. The molecule has 4 rings (SSSR count). The van der Waals surface area contributed by atoms with Crippen molar-refractivity contribution >= 4 is 22.4 Å². The molecule has 1 amide bonds. The average molecular weight is 431 g/mol. The summed E-state index contributed by atoms with van der Waals surface area (Å²) in [5.41, 5.74) is 2.33. The summed E-state index contributed by atoms with van der Waals surface area (Å²) >= 11 is 1.61. The number of amides is 1. The minimum atomic E-state index is 0.0327. The minimum Gasteiger partial charge on any atom is -0.355 e. The van der Waals surface area contributed by atoms with Crippen molar-refractivity contribution < 1.29 is 4.79 Å². The molecule has 2 saturated heterocycles. The highest BCUT2D eigenvalue weighted by Gasteiger charge is 2.28. The molecule has 2 aromatic heterocycles. The number of nitrogens with one attached hydrogen (secondary N) is 1. The molecule has 0 bridgehead atoms. The van der Waals surface area contributed by atoms with Gasteiger partial charge in [-0.25, -0.2) is 0 Å². The summed E-state index contributed by atoms with van der Waals surface area (Å²) < 4.78 is 2.14. The molecule has 30 heavy (non-hydrogen) atoms. The SMILES string of the molecule is Cc1ccc(C)n1-c1nnc(N2CCC[C@H](C(=O)NCCN3CCCCCC3)C2)s1. The van der Waals surface area contributed by atoms with Crippen LogP contribution in [0.25, 0.3) is 5.13 Å². The fraction of sp³-hybridized carbons (Fsp3) is 0.682. The van der Waals surface area contributed by atoms with Crippen molar-refractivity contribution in [1.82, 2.24) is 25.0 Å². The van der Waals surface area contributed by atoms with Crippen LogP contribution in [-0.2, 0) is 4.79 Å². The van der Waals surface area contributed by atoms with Crippen LogP contribution in [-0.4, -0.2) is 64.8 Å². The zero-order valence-electron chi connectivity index (χ0n) is 18.3. The van der Waals surface area contributed by atoms with Gasteiger partial charge in [0.15, 0.2) is 0 Å². The van der Waals surface area contributed by atoms with Crippen LogP contribution in [0.3, 0.4) is 0 Å². The Balaban J connectivity index is 1.30. The van der Waals surface area contributed by atoms with Crippen LogP contribution < -0.4 is 10.2 Å². The van der Waals surface area contributed by atoms with Crippen molar-refractivity contribution in [2.24, 2.45) is 5.92 Å². The molecule has 2 aliphatic heterocycles. The summed E-state index contributed by atoms with van der Waals surface area (Å²) in [7, 11) is 0. The van der Waals surface area contributed by atoms with Crippen LogP contribution in [0, 0.1) is 19.8 Å². The largest absolute Gasteiger partial charge is 0.355 e. The lowest BCUT2D eigenvalue weighted by Crippen LogP contribution is -2.44. The predicted molar refractivity (Wildman–Crippen MR) is 122 cm³/mol. The van der Waals surface area contributed by atoms with Crippen LogP contribution in [0.15, 0.2) is 12.1 Å². The first-order valence-electron chi connectivity index (χ1n) is 11.4. The molecule has 0 saturated carbocycles. The molecule has 164 valence electrons. The molecule has 0 aliphatic carbocycles. The van der Waals surface area contributed by atoms with Gasteiger partial charge in [0.2, 0.25) is 16.2 Å². The molecule has 0 unspecified atom stereocenters. The van der Waals surface area contributed by atoms with Gasteiger partial charge in [0.25, 0.3) is 0 Å². The van der Waals surface area contributed by atoms with Crippen LogP contribution in [0.1, 0.15) is 49.9 Å². The Bertz CT molecular complexity index is 819. The third-order valence-corrected chi connectivity index (χ3v) is 7.32. The second-order valence-electron chi connectivity index (χ2n) is 8.65. The quantitative estimate of drug-likeness (QED) is 0.763. The maximum absolute atomic E-state index is 12.8. The molecule has 2 fully saturated rings. The van der Waals surface area contributed by atoms with Gasteiger partial charge in [0.1, 0.15) is 0 Å². The van der Waals surface area contributed by atoms with Gasteiger partial charge < -0.3 is 15.1 Å². The highest BCUT2D eigenvalue weighted by Crippen LogP contribution is 2.29. The Morgan fingerprint density at radius 2 is 1.73 bits per heavy atom. The number of aryl methyl sites for hydroxylation is 2. The lowest BCUT2D eigenvalue weighted by Gasteiger charge is -2.31. The molecule has 0 radical (unpaired) electrons. The van der Waals surface area contributed by atoms with Gasteiger partial charge in [-0.1, -0.05) is 24.2 Å². The third-order valence-electron chi connectivity index (χ3n) is 6.35. The zero-order chi connectivity index (χ0) is 20.9. The van der Waals surface area contributed by atoms with Crippen molar-refractivity contribution in [3.8, 4) is 5.13 Å². The van der Waals surface area contributed by atoms with Crippen molar-refractivity contribution in [2.45, 2.75) is 52.4 Å². The lowest BCUT2D eigenvalue weighted by molar-refractivity contribution is -0.125. The first-order valence-corrected chi connectivity index (χ1v) is 12.2. The van der Waals surface area contributed by atoms with Crippen LogP contribution in [0.2, 0.25) is 0 Å². The smallest absolute Gasteiger partial charge is 0.224 e. The fourth-order valence-corrected chi connectivity index (χ4v) is 5.60. The summed E-state index contributed by atoms with van der Waals surface area (Å²) in [5, 5.41) is 13.9. The number of nitrogens with zero attached hydrogens (tertiary/aromatic N) is 5. The van der Waals surface area contributed by atoms with Gasteiger partial charge in [-0.2, -0.15) is 0 Å². The van der Waals surface area contributed by atoms with Crippen molar-refractivity contribution in [2.75, 3.05) is 44.2 Å². The summed E-state index contributed by atoms with van der Waals surface area (Å²) in [4.78, 5) is 17.5. The molecular formula is C22H34N6OS. The van der Waals surface area contributed by atoms with Crippen LogP contribution in [0.4, 0.5) is 5.13 Å². The Hall–Kier alpha value is -1.93. The first-order chi connectivity index (χ1) is 14.6. The molecule has 2 aromatic rings. The molecule has 8 heteroatoms. The molecule has 0 spiro atoms. The Morgan fingerprint density at radius 1 is 1.03 bits per heavy atom. The standard InChI is InChI=1S/C22H34N6OS/c1-17-9-10-18(2)28(17)22-25-24-21(30-22)27-14-7-8-19(16-27)20(29)23-11-15-26-12-5-3-4-6-13-26/h9-10,19H,3-8,11-16H2,1-2H3,(H,23,29)/t19-/m0/s1. The van der Waals surface area contributed by atoms with E-state index in [9.17, 15) is 4.79 Å². The van der Waals surface area contributed by atoms with Gasteiger partial charge >= 0.3 is 0 Å². The van der Waals surface area contributed by atoms with E-state index < -0.39 is 0 Å². The molecular weight excluding hydrogens is 396 g/mol. The Labute approximate surface area is 183 Å². The number of anilines is 1. The van der Waals surface area contributed by atoms with E-state index in [0.29, 0.717) is 0 Å². The Kier molecular flexibility index (Phi) is 7.04. The van der Waals surface area contributed by atoms with Crippen molar-refractivity contribution in [1.29, 1.82) is 0 Å². The lowest BCUT2D eigenvalue weighted by atomic mass is 9.97. The normalized spacial score (nSPS) is 20.9. The van der Waals surface area contributed by atoms with Gasteiger partial charge in [-0.05, 0) is 64.8 Å². The summed E-state index contributed by atoms with van der Waals surface area (Å²) in [6.07, 6.45) is 7.23. The predicted octanol–water partition coefficient (Wildman–Crippen LogP) is 3.15. The number of hydrogen-bond acceptors (Lipinski definition) is 6. The molecule has 1 atom stereocenters. The van der Waals surface area contributed by atoms with E-state index in [1.165, 1.54) is 38.8 Å². The number of hydrogen-bond donors (Lipinski definition) is 1. The minimum absolute atomic E-state index is 0.0327. The monoisotopic (exact) mass is 430 g/mol. The van der Waals surface area contributed by atoms with Gasteiger partial charge in [-0.3, -0.25) is 9.36 Å². The topological polar surface area (TPSA) is 66.3 Å². The second kappa shape index (κ2) is 9.92. The van der Waals surface area contributed by atoms with E-state index in [1.54, 1.807) is 11.3 Å². The van der Waals surface area contributed by atoms with Crippen molar-refractivity contribution in [3.05, 3.63) is 23.5 Å². The molecule has 2 aliphatic rings. The Morgan fingerprint density at radius 3 is 2.47 bits per heavy atom. The summed E-state index contributed by atoms with van der Waals surface area (Å²) in [6.45, 7) is 9.91. The van der Waals surface area contributed by atoms with E-state index in [4.69, 9.17) is 0 Å². The van der Waals surface area contributed by atoms with Crippen LogP contribution >= 0.6 is 11.3 Å². The molecule has 1 N–H and O–H groups in total. The number of piperidine rings is 1. The number of carbonyl (C=O) groups is 1. The van der Waals surface area contributed by atoms with Crippen molar-refractivity contribution in [3.63, 3.8) is 0 Å². The number of aromatic nitrogens is 3. The van der Waals surface area contributed by atoms with E-state index in [1.807, 2.05) is 0 Å². The first kappa shape index (κ1) is 21.3. The zero-order valence-corrected chi connectivity index (χ0v) is 19.1. The van der Waals surface area contributed by atoms with E-state index >= 15 is 0 Å². The summed E-state index contributed by atoms with van der Waals surface area (Å²) in [5.74, 6) is 0.224. The molecule has 0 aromatic carbocycles. The number of likely N-dealkylation sites (tertiary alicyclic amines) is 1. The van der Waals surface area contributed by atoms with E-state index in [0.717, 1.165) is 60.7 Å². The number of rotatable bonds is 6. The van der Waals surface area contributed by atoms with E-state index in [-0.39, 0.29) is 11.8 Å². The third kappa shape index (κ3) is 5.03. The average Bonchev–Trinajstić information content (AvgIpc) is 3.26. The summed E-state index contributed by atoms with van der Waals surface area (Å²) in [6, 6.07) is 4.20. The number of carbonyl (C=O) groups excluding carboxylic acids is 1.